The molecule has 0 fully saturated rings. The highest BCUT2D eigenvalue weighted by atomic mass is 35.5. The number of aromatic nitrogens is 3. The Morgan fingerprint density at radius 2 is 1.89 bits per heavy atom. The molecule has 4 nitrogen and oxygen atoms in total. The van der Waals surface area contributed by atoms with Gasteiger partial charge in [0.05, 0.1) is 0 Å². The lowest BCUT2D eigenvalue weighted by Crippen LogP contribution is -2.00. The molecule has 3 rings (SSSR count). The van der Waals surface area contributed by atoms with Gasteiger partial charge in [0.15, 0.2) is 0 Å². The molecule has 1 N–H and O–H groups in total. The molecule has 2 aromatic carbocycles. The molecular weight excluding hydrogens is 262 g/mol. The standard InChI is InChI=1S/C14H11ClN3O/c1-8-5-9(2)14(19)13(6-8)18-16-11-4-3-10(15)7-12(11)17-18/h3-7,19H,2H2,1H3. The summed E-state index contributed by atoms with van der Waals surface area (Å²) in [4.78, 5) is 1.40. The quantitative estimate of drug-likeness (QED) is 0.740. The van der Waals surface area contributed by atoms with Crippen molar-refractivity contribution < 1.29 is 5.11 Å². The summed E-state index contributed by atoms with van der Waals surface area (Å²) in [7, 11) is 0. The maximum atomic E-state index is 10.1. The Hall–Kier alpha value is -2.07. The van der Waals surface area contributed by atoms with E-state index < -0.39 is 0 Å². The predicted molar refractivity (Wildman–Crippen MR) is 74.7 cm³/mol. The number of hydrogen-bond donors (Lipinski definition) is 1. The van der Waals surface area contributed by atoms with Crippen molar-refractivity contribution in [3.8, 4) is 11.4 Å². The largest absolute Gasteiger partial charge is 0.505 e. The van der Waals surface area contributed by atoms with E-state index in [2.05, 4.69) is 17.1 Å². The van der Waals surface area contributed by atoms with Crippen LogP contribution in [0.2, 0.25) is 5.02 Å². The molecule has 95 valence electrons. The molecule has 0 spiro atoms. The molecule has 0 amide bonds. The summed E-state index contributed by atoms with van der Waals surface area (Å²) in [6, 6.07) is 8.90. The minimum atomic E-state index is 0.0806. The predicted octanol–water partition coefficient (Wildman–Crippen LogP) is 3.27. The number of aromatic hydroxyl groups is 1. The number of aryl methyl sites for hydroxylation is 1. The SMILES string of the molecule is [CH2]c1cc(C)cc(-n2nc3ccc(Cl)cc3n2)c1O. The van der Waals surface area contributed by atoms with Gasteiger partial charge in [0.1, 0.15) is 22.5 Å². The van der Waals surface area contributed by atoms with Crippen molar-refractivity contribution in [2.45, 2.75) is 6.92 Å². The van der Waals surface area contributed by atoms with Crippen LogP contribution in [-0.2, 0) is 0 Å². The van der Waals surface area contributed by atoms with Gasteiger partial charge in [-0.2, -0.15) is 0 Å². The zero-order chi connectivity index (χ0) is 13.6. The minimum Gasteiger partial charge on any atom is -0.505 e. The van der Waals surface area contributed by atoms with E-state index in [0.29, 0.717) is 21.8 Å². The van der Waals surface area contributed by atoms with Crippen molar-refractivity contribution in [2.24, 2.45) is 0 Å². The van der Waals surface area contributed by atoms with Gasteiger partial charge in [-0.3, -0.25) is 0 Å². The number of halogens is 1. The van der Waals surface area contributed by atoms with Crippen LogP contribution in [-0.4, -0.2) is 20.1 Å². The third-order valence-corrected chi connectivity index (χ3v) is 3.11. The molecule has 0 aliphatic rings. The van der Waals surface area contributed by atoms with E-state index in [0.717, 1.165) is 11.1 Å². The first kappa shape index (κ1) is 12.0. The topological polar surface area (TPSA) is 50.9 Å². The van der Waals surface area contributed by atoms with E-state index in [9.17, 15) is 5.11 Å². The number of benzene rings is 2. The minimum absolute atomic E-state index is 0.0806. The monoisotopic (exact) mass is 272 g/mol. The Kier molecular flexibility index (Phi) is 2.68. The van der Waals surface area contributed by atoms with Crippen LogP contribution in [0.25, 0.3) is 16.7 Å². The van der Waals surface area contributed by atoms with Crippen molar-refractivity contribution in [3.05, 3.63) is 53.4 Å². The van der Waals surface area contributed by atoms with Crippen LogP contribution < -0.4 is 0 Å². The summed E-state index contributed by atoms with van der Waals surface area (Å²) in [6.07, 6.45) is 0. The first-order valence-electron chi connectivity index (χ1n) is 5.73. The number of nitrogens with zero attached hydrogens (tertiary/aromatic N) is 3. The molecule has 1 aromatic heterocycles. The van der Waals surface area contributed by atoms with Gasteiger partial charge < -0.3 is 5.11 Å². The fourth-order valence-electron chi connectivity index (χ4n) is 1.98. The van der Waals surface area contributed by atoms with Gasteiger partial charge in [0, 0.05) is 5.02 Å². The maximum absolute atomic E-state index is 10.1. The lowest BCUT2D eigenvalue weighted by molar-refractivity contribution is 0.465. The third kappa shape index (κ3) is 2.04. The van der Waals surface area contributed by atoms with Crippen molar-refractivity contribution >= 4 is 22.6 Å². The zero-order valence-electron chi connectivity index (χ0n) is 10.3. The molecular formula is C14H11ClN3O. The highest BCUT2D eigenvalue weighted by Gasteiger charge is 2.11. The summed E-state index contributed by atoms with van der Waals surface area (Å²) < 4.78 is 0. The van der Waals surface area contributed by atoms with E-state index in [1.165, 1.54) is 4.80 Å². The van der Waals surface area contributed by atoms with Crippen molar-refractivity contribution in [1.29, 1.82) is 0 Å². The maximum Gasteiger partial charge on any atom is 0.146 e. The molecule has 1 radical (unpaired) electrons. The fourth-order valence-corrected chi connectivity index (χ4v) is 2.15. The molecule has 0 unspecified atom stereocenters. The second kappa shape index (κ2) is 4.24. The van der Waals surface area contributed by atoms with E-state index in [1.807, 2.05) is 13.0 Å². The molecule has 0 atom stereocenters. The van der Waals surface area contributed by atoms with Crippen molar-refractivity contribution in [2.75, 3.05) is 0 Å². The molecule has 5 heteroatoms. The van der Waals surface area contributed by atoms with Crippen LogP contribution >= 0.6 is 11.6 Å². The second-order valence-corrected chi connectivity index (χ2v) is 4.85. The van der Waals surface area contributed by atoms with Gasteiger partial charge in [0.2, 0.25) is 0 Å². The third-order valence-electron chi connectivity index (χ3n) is 2.87. The lowest BCUT2D eigenvalue weighted by Gasteiger charge is -2.07. The first-order chi connectivity index (χ1) is 9.04. The Balaban J connectivity index is 2.24. The van der Waals surface area contributed by atoms with Gasteiger partial charge in [-0.05, 0) is 49.2 Å². The number of fused-ring (bicyclic) bond motifs is 1. The van der Waals surface area contributed by atoms with E-state index in [-0.39, 0.29) is 5.75 Å². The first-order valence-corrected chi connectivity index (χ1v) is 6.11. The molecule has 0 aliphatic heterocycles. The lowest BCUT2D eigenvalue weighted by atomic mass is 10.1. The normalized spacial score (nSPS) is 11.1. The van der Waals surface area contributed by atoms with Crippen molar-refractivity contribution in [1.82, 2.24) is 15.0 Å². The summed E-state index contributed by atoms with van der Waals surface area (Å²) in [5, 5.41) is 19.3. The molecule has 19 heavy (non-hydrogen) atoms. The van der Waals surface area contributed by atoms with Gasteiger partial charge >= 0.3 is 0 Å². The molecule has 0 aliphatic carbocycles. The van der Waals surface area contributed by atoms with E-state index >= 15 is 0 Å². The van der Waals surface area contributed by atoms with E-state index in [1.54, 1.807) is 24.3 Å². The highest BCUT2D eigenvalue weighted by molar-refractivity contribution is 6.31. The number of hydrogen-bond acceptors (Lipinski definition) is 3. The molecule has 1 heterocycles. The smallest absolute Gasteiger partial charge is 0.146 e. The van der Waals surface area contributed by atoms with Crippen LogP contribution in [0.15, 0.2) is 30.3 Å². The Morgan fingerprint density at radius 1 is 1.16 bits per heavy atom. The number of phenolic OH excluding ortho intramolecular Hbond substituents is 1. The number of rotatable bonds is 1. The van der Waals surface area contributed by atoms with Gasteiger partial charge in [-0.15, -0.1) is 15.0 Å². The number of phenols is 1. The Bertz CT molecular complexity index is 780. The van der Waals surface area contributed by atoms with Gasteiger partial charge in [-0.25, -0.2) is 0 Å². The fraction of sp³-hybridized carbons (Fsp3) is 0.0714. The average Bonchev–Trinajstić information content (AvgIpc) is 2.76. The van der Waals surface area contributed by atoms with Crippen LogP contribution in [0.4, 0.5) is 0 Å². The second-order valence-electron chi connectivity index (χ2n) is 4.41. The molecule has 3 aromatic rings. The van der Waals surface area contributed by atoms with Gasteiger partial charge in [0.25, 0.3) is 0 Å². The Morgan fingerprint density at radius 3 is 2.68 bits per heavy atom. The summed E-state index contributed by atoms with van der Waals surface area (Å²) in [5.74, 6) is 0.0806. The molecule has 0 saturated carbocycles. The summed E-state index contributed by atoms with van der Waals surface area (Å²) >= 11 is 5.92. The molecule has 0 saturated heterocycles. The average molecular weight is 273 g/mol. The molecule has 0 bridgehead atoms. The van der Waals surface area contributed by atoms with Gasteiger partial charge in [-0.1, -0.05) is 17.7 Å². The summed E-state index contributed by atoms with van der Waals surface area (Å²) in [6.45, 7) is 5.72. The highest BCUT2D eigenvalue weighted by Crippen LogP contribution is 2.27. The van der Waals surface area contributed by atoms with Crippen LogP contribution in [0.5, 0.6) is 5.75 Å². The van der Waals surface area contributed by atoms with Crippen LogP contribution in [0.3, 0.4) is 0 Å². The van der Waals surface area contributed by atoms with E-state index in [4.69, 9.17) is 11.6 Å². The zero-order valence-corrected chi connectivity index (χ0v) is 11.0. The Labute approximate surface area is 115 Å². The van der Waals surface area contributed by atoms with Crippen LogP contribution in [0.1, 0.15) is 11.1 Å². The van der Waals surface area contributed by atoms with Crippen LogP contribution in [0, 0.1) is 13.8 Å². The van der Waals surface area contributed by atoms with Crippen molar-refractivity contribution in [3.63, 3.8) is 0 Å². The summed E-state index contributed by atoms with van der Waals surface area (Å²) in [5.41, 5.74) is 3.44.